The summed E-state index contributed by atoms with van der Waals surface area (Å²) in [7, 11) is 0. The van der Waals surface area contributed by atoms with Gasteiger partial charge < -0.3 is 10.0 Å². The van der Waals surface area contributed by atoms with Crippen molar-refractivity contribution in [3.05, 3.63) is 0 Å². The molecular formula is C12H17N3O3. The molecule has 0 saturated heterocycles. The number of carboxylic acids is 1. The van der Waals surface area contributed by atoms with Crippen molar-refractivity contribution in [2.24, 2.45) is 0 Å². The monoisotopic (exact) mass is 251 g/mol. The van der Waals surface area contributed by atoms with Crippen LogP contribution in [-0.2, 0) is 9.59 Å². The predicted molar refractivity (Wildman–Crippen MR) is 63.1 cm³/mol. The maximum absolute atomic E-state index is 11.8. The summed E-state index contributed by atoms with van der Waals surface area (Å²) in [6, 6.07) is 3.91. The molecule has 0 aliphatic rings. The molecule has 0 aromatic carbocycles. The minimum Gasteiger partial charge on any atom is -0.481 e. The first-order valence-corrected chi connectivity index (χ1v) is 5.85. The summed E-state index contributed by atoms with van der Waals surface area (Å²) in [5, 5.41) is 25.4. The second-order valence-corrected chi connectivity index (χ2v) is 3.80. The Hall–Kier alpha value is -2.08. The van der Waals surface area contributed by atoms with E-state index in [0.717, 1.165) is 0 Å². The number of carboxylic acid groups (broad SMARTS) is 1. The zero-order valence-electron chi connectivity index (χ0n) is 10.3. The van der Waals surface area contributed by atoms with E-state index in [-0.39, 0.29) is 31.6 Å². The predicted octanol–water partition coefficient (Wildman–Crippen LogP) is 1.29. The number of carbonyl (C=O) groups is 2. The summed E-state index contributed by atoms with van der Waals surface area (Å²) >= 11 is 0. The molecule has 0 fully saturated rings. The molecular weight excluding hydrogens is 234 g/mol. The third-order valence-corrected chi connectivity index (χ3v) is 2.37. The lowest BCUT2D eigenvalue weighted by Gasteiger charge is -2.20. The molecule has 0 aromatic rings. The zero-order valence-corrected chi connectivity index (χ0v) is 10.3. The number of amides is 1. The summed E-state index contributed by atoms with van der Waals surface area (Å²) in [5.41, 5.74) is 0. The van der Waals surface area contributed by atoms with E-state index in [1.807, 2.05) is 12.1 Å². The third kappa shape index (κ3) is 8.12. The highest BCUT2D eigenvalue weighted by molar-refractivity contribution is 5.76. The average molecular weight is 251 g/mol. The number of unbranched alkanes of at least 4 members (excludes halogenated alkanes) is 1. The SMILES string of the molecule is N#CCCN(CCC#N)C(=O)CCCCC(=O)O. The van der Waals surface area contributed by atoms with Crippen molar-refractivity contribution in [1.82, 2.24) is 4.90 Å². The lowest BCUT2D eigenvalue weighted by atomic mass is 10.1. The van der Waals surface area contributed by atoms with Crippen LogP contribution in [0.3, 0.4) is 0 Å². The Morgan fingerprint density at radius 3 is 1.94 bits per heavy atom. The second kappa shape index (κ2) is 10.1. The maximum Gasteiger partial charge on any atom is 0.303 e. The van der Waals surface area contributed by atoms with Gasteiger partial charge in [-0.2, -0.15) is 10.5 Å². The van der Waals surface area contributed by atoms with Crippen LogP contribution in [0, 0.1) is 22.7 Å². The van der Waals surface area contributed by atoms with Gasteiger partial charge in [0.1, 0.15) is 0 Å². The molecule has 0 bridgehead atoms. The molecule has 0 aromatic heterocycles. The van der Waals surface area contributed by atoms with Gasteiger partial charge >= 0.3 is 5.97 Å². The fraction of sp³-hybridized carbons (Fsp3) is 0.667. The summed E-state index contributed by atoms with van der Waals surface area (Å²) in [6.07, 6.45) is 1.79. The third-order valence-electron chi connectivity index (χ3n) is 2.37. The molecule has 0 rings (SSSR count). The van der Waals surface area contributed by atoms with Gasteiger partial charge in [0.25, 0.3) is 0 Å². The standard InChI is InChI=1S/C12H17N3O3/c13-7-3-9-15(10-4-8-14)11(16)5-1-2-6-12(17)18/h1-6,9-10H2,(H,17,18). The molecule has 0 saturated carbocycles. The van der Waals surface area contributed by atoms with Crippen molar-refractivity contribution in [3.8, 4) is 12.1 Å². The molecule has 0 aliphatic heterocycles. The Balaban J connectivity index is 4.00. The highest BCUT2D eigenvalue weighted by Gasteiger charge is 2.12. The van der Waals surface area contributed by atoms with Gasteiger partial charge in [-0.15, -0.1) is 0 Å². The Morgan fingerprint density at radius 1 is 1.00 bits per heavy atom. The van der Waals surface area contributed by atoms with E-state index >= 15 is 0 Å². The Labute approximate surface area is 106 Å². The maximum atomic E-state index is 11.8. The molecule has 0 spiro atoms. The largest absolute Gasteiger partial charge is 0.481 e. The molecule has 18 heavy (non-hydrogen) atoms. The first kappa shape index (κ1) is 15.9. The van der Waals surface area contributed by atoms with Crippen molar-refractivity contribution >= 4 is 11.9 Å². The number of nitrogens with zero attached hydrogens (tertiary/aromatic N) is 3. The van der Waals surface area contributed by atoms with Crippen LogP contribution in [0.4, 0.5) is 0 Å². The van der Waals surface area contributed by atoms with Crippen LogP contribution in [0.25, 0.3) is 0 Å². The van der Waals surface area contributed by atoms with E-state index < -0.39 is 5.97 Å². The van der Waals surface area contributed by atoms with Crippen LogP contribution in [0.15, 0.2) is 0 Å². The highest BCUT2D eigenvalue weighted by Crippen LogP contribution is 2.05. The number of hydrogen-bond acceptors (Lipinski definition) is 4. The summed E-state index contributed by atoms with van der Waals surface area (Å²) in [6.45, 7) is 0.659. The van der Waals surface area contributed by atoms with Gasteiger partial charge in [-0.3, -0.25) is 9.59 Å². The van der Waals surface area contributed by atoms with Crippen molar-refractivity contribution in [2.45, 2.75) is 38.5 Å². The summed E-state index contributed by atoms with van der Waals surface area (Å²) in [5.74, 6) is -0.987. The van der Waals surface area contributed by atoms with Crippen LogP contribution in [0.1, 0.15) is 38.5 Å². The van der Waals surface area contributed by atoms with Crippen molar-refractivity contribution in [3.63, 3.8) is 0 Å². The first-order valence-electron chi connectivity index (χ1n) is 5.85. The van der Waals surface area contributed by atoms with E-state index in [9.17, 15) is 9.59 Å². The van der Waals surface area contributed by atoms with Crippen LogP contribution in [-0.4, -0.2) is 35.0 Å². The first-order chi connectivity index (χ1) is 8.61. The minimum atomic E-state index is -0.867. The van der Waals surface area contributed by atoms with Crippen molar-refractivity contribution in [2.75, 3.05) is 13.1 Å². The van der Waals surface area contributed by atoms with Gasteiger partial charge in [-0.05, 0) is 12.8 Å². The molecule has 0 heterocycles. The molecule has 6 heteroatoms. The van der Waals surface area contributed by atoms with Crippen LogP contribution in [0.5, 0.6) is 0 Å². The average Bonchev–Trinajstić information content (AvgIpc) is 2.34. The van der Waals surface area contributed by atoms with Gasteiger partial charge in [0, 0.05) is 25.9 Å². The summed E-state index contributed by atoms with van der Waals surface area (Å²) in [4.78, 5) is 23.5. The molecule has 1 N–H and O–H groups in total. The molecule has 0 unspecified atom stereocenters. The minimum absolute atomic E-state index is 0.0592. The fourth-order valence-electron chi connectivity index (χ4n) is 1.44. The normalized spacial score (nSPS) is 9.22. The summed E-state index contributed by atoms with van der Waals surface area (Å²) < 4.78 is 0. The molecule has 0 aliphatic carbocycles. The number of rotatable bonds is 9. The van der Waals surface area contributed by atoms with E-state index in [1.54, 1.807) is 0 Å². The quantitative estimate of drug-likeness (QED) is 0.621. The molecule has 6 nitrogen and oxygen atoms in total. The van der Waals surface area contributed by atoms with Crippen LogP contribution < -0.4 is 0 Å². The van der Waals surface area contributed by atoms with Gasteiger partial charge in [-0.1, -0.05) is 0 Å². The lowest BCUT2D eigenvalue weighted by molar-refractivity contribution is -0.137. The van der Waals surface area contributed by atoms with Gasteiger partial charge in [0.05, 0.1) is 25.0 Å². The van der Waals surface area contributed by atoms with Gasteiger partial charge in [0.2, 0.25) is 5.91 Å². The van der Waals surface area contributed by atoms with E-state index in [2.05, 4.69) is 0 Å². The zero-order chi connectivity index (χ0) is 13.8. The number of hydrogen-bond donors (Lipinski definition) is 1. The Bertz CT molecular complexity index is 337. The molecule has 0 radical (unpaired) electrons. The van der Waals surface area contributed by atoms with Crippen LogP contribution >= 0.6 is 0 Å². The number of aliphatic carboxylic acids is 1. The van der Waals surface area contributed by atoms with Gasteiger partial charge in [0.15, 0.2) is 0 Å². The Morgan fingerprint density at radius 2 is 1.50 bits per heavy atom. The van der Waals surface area contributed by atoms with E-state index in [0.29, 0.717) is 25.9 Å². The number of nitriles is 2. The van der Waals surface area contributed by atoms with E-state index in [1.165, 1.54) is 4.90 Å². The number of carbonyl (C=O) groups excluding carboxylic acids is 1. The second-order valence-electron chi connectivity index (χ2n) is 3.80. The molecule has 98 valence electrons. The smallest absolute Gasteiger partial charge is 0.303 e. The lowest BCUT2D eigenvalue weighted by Crippen LogP contribution is -2.32. The van der Waals surface area contributed by atoms with Gasteiger partial charge in [-0.25, -0.2) is 0 Å². The van der Waals surface area contributed by atoms with E-state index in [4.69, 9.17) is 15.6 Å². The molecule has 1 amide bonds. The highest BCUT2D eigenvalue weighted by atomic mass is 16.4. The van der Waals surface area contributed by atoms with Crippen molar-refractivity contribution < 1.29 is 14.7 Å². The topological polar surface area (TPSA) is 105 Å². The fourth-order valence-corrected chi connectivity index (χ4v) is 1.44. The Kier molecular flexibility index (Phi) is 8.93. The van der Waals surface area contributed by atoms with Crippen LogP contribution in [0.2, 0.25) is 0 Å². The molecule has 0 atom stereocenters. The van der Waals surface area contributed by atoms with Crippen molar-refractivity contribution in [1.29, 1.82) is 10.5 Å².